The highest BCUT2D eigenvalue weighted by molar-refractivity contribution is 7.99. The number of benzene rings is 1. The number of nitrogen functional groups attached to an aromatic ring is 1. The molecule has 1 aromatic rings. The largest absolute Gasteiger partial charge is 0.397 e. The van der Waals surface area contributed by atoms with Crippen molar-refractivity contribution < 1.29 is 8.42 Å². The van der Waals surface area contributed by atoms with Crippen molar-refractivity contribution in [3.05, 3.63) is 18.2 Å². The molecule has 0 spiro atoms. The Morgan fingerprint density at radius 2 is 2.00 bits per heavy atom. The molecular formula is C12H21N3O2S2. The van der Waals surface area contributed by atoms with E-state index in [2.05, 4.69) is 16.4 Å². The lowest BCUT2D eigenvalue weighted by atomic mass is 10.3. The maximum atomic E-state index is 11.8. The van der Waals surface area contributed by atoms with Crippen molar-refractivity contribution in [1.82, 2.24) is 4.72 Å². The van der Waals surface area contributed by atoms with Crippen LogP contribution in [0.2, 0.25) is 0 Å². The lowest BCUT2D eigenvalue weighted by molar-refractivity contribution is 0.586. The van der Waals surface area contributed by atoms with Crippen molar-refractivity contribution in [2.24, 2.45) is 0 Å². The van der Waals surface area contributed by atoms with Gasteiger partial charge >= 0.3 is 0 Å². The molecule has 0 unspecified atom stereocenters. The van der Waals surface area contributed by atoms with Crippen molar-refractivity contribution in [3.63, 3.8) is 0 Å². The van der Waals surface area contributed by atoms with Gasteiger partial charge in [-0.3, -0.25) is 4.72 Å². The van der Waals surface area contributed by atoms with E-state index in [9.17, 15) is 8.42 Å². The average Bonchev–Trinajstić information content (AvgIpc) is 2.37. The Bertz CT molecular complexity index is 504. The summed E-state index contributed by atoms with van der Waals surface area (Å²) in [5, 5.41) is 0. The van der Waals surface area contributed by atoms with Crippen LogP contribution in [0.5, 0.6) is 0 Å². The predicted molar refractivity (Wildman–Crippen MR) is 82.7 cm³/mol. The number of hydrogen-bond donors (Lipinski definition) is 3. The minimum Gasteiger partial charge on any atom is -0.397 e. The maximum Gasteiger partial charge on any atom is 0.299 e. The summed E-state index contributed by atoms with van der Waals surface area (Å²) < 4.78 is 28.4. The molecule has 0 saturated carbocycles. The predicted octanol–water partition coefficient (Wildman–Crippen LogP) is 2.43. The molecule has 19 heavy (non-hydrogen) atoms. The van der Waals surface area contributed by atoms with Gasteiger partial charge in [-0.2, -0.15) is 13.1 Å². The van der Waals surface area contributed by atoms with E-state index in [4.69, 9.17) is 5.73 Å². The fourth-order valence-corrected chi connectivity index (χ4v) is 3.17. The normalized spacial score (nSPS) is 11.5. The zero-order valence-electron chi connectivity index (χ0n) is 11.3. The quantitative estimate of drug-likeness (QED) is 0.508. The van der Waals surface area contributed by atoms with Crippen LogP contribution < -0.4 is 15.2 Å². The Hall–Kier alpha value is -0.920. The van der Waals surface area contributed by atoms with E-state index in [1.807, 2.05) is 13.0 Å². The molecule has 7 heteroatoms. The van der Waals surface area contributed by atoms with E-state index in [-0.39, 0.29) is 0 Å². The van der Waals surface area contributed by atoms with E-state index in [1.165, 1.54) is 0 Å². The van der Waals surface area contributed by atoms with E-state index < -0.39 is 10.2 Å². The fraction of sp³-hybridized carbons (Fsp3) is 0.500. The van der Waals surface area contributed by atoms with Crippen LogP contribution in [0.15, 0.2) is 23.1 Å². The Kier molecular flexibility index (Phi) is 6.47. The van der Waals surface area contributed by atoms with Crippen molar-refractivity contribution in [2.45, 2.75) is 31.6 Å². The average molecular weight is 303 g/mol. The highest BCUT2D eigenvalue weighted by Gasteiger charge is 2.11. The zero-order valence-corrected chi connectivity index (χ0v) is 12.9. The number of rotatable bonds is 8. The van der Waals surface area contributed by atoms with Crippen LogP contribution in [0.3, 0.4) is 0 Å². The van der Waals surface area contributed by atoms with E-state index in [1.54, 1.807) is 23.9 Å². The van der Waals surface area contributed by atoms with Gasteiger partial charge in [-0.25, -0.2) is 0 Å². The summed E-state index contributed by atoms with van der Waals surface area (Å²) in [5.74, 6) is 0.990. The van der Waals surface area contributed by atoms with Crippen molar-refractivity contribution in [3.8, 4) is 0 Å². The Morgan fingerprint density at radius 1 is 1.26 bits per heavy atom. The molecule has 0 amide bonds. The molecule has 0 atom stereocenters. The highest BCUT2D eigenvalue weighted by Crippen LogP contribution is 2.27. The van der Waals surface area contributed by atoms with Crippen molar-refractivity contribution in [2.75, 3.05) is 22.8 Å². The first kappa shape index (κ1) is 16.1. The number of anilines is 2. The summed E-state index contributed by atoms with van der Waals surface area (Å²) in [4.78, 5) is 1.00. The third-order valence-electron chi connectivity index (χ3n) is 2.28. The Balaban J connectivity index is 2.81. The van der Waals surface area contributed by atoms with Gasteiger partial charge in [0.2, 0.25) is 0 Å². The molecule has 108 valence electrons. The van der Waals surface area contributed by atoms with Gasteiger partial charge < -0.3 is 5.73 Å². The Morgan fingerprint density at radius 3 is 2.63 bits per heavy atom. The number of nitrogens with one attached hydrogen (secondary N) is 2. The summed E-state index contributed by atoms with van der Waals surface area (Å²) in [6.45, 7) is 4.40. The van der Waals surface area contributed by atoms with Crippen LogP contribution in [-0.4, -0.2) is 20.7 Å². The highest BCUT2D eigenvalue weighted by atomic mass is 32.2. The molecular weight excluding hydrogens is 282 g/mol. The molecule has 0 aliphatic heterocycles. The van der Waals surface area contributed by atoms with Gasteiger partial charge in [0.1, 0.15) is 0 Å². The first-order chi connectivity index (χ1) is 8.98. The van der Waals surface area contributed by atoms with Gasteiger partial charge in [-0.05, 0) is 36.8 Å². The second-order valence-corrected chi connectivity index (χ2v) is 6.77. The van der Waals surface area contributed by atoms with Crippen LogP contribution in [0.4, 0.5) is 11.4 Å². The van der Waals surface area contributed by atoms with Gasteiger partial charge in [-0.1, -0.05) is 13.8 Å². The van der Waals surface area contributed by atoms with Gasteiger partial charge in [-0.15, -0.1) is 11.8 Å². The lowest BCUT2D eigenvalue weighted by Crippen LogP contribution is -2.30. The molecule has 5 nitrogen and oxygen atoms in total. The molecule has 0 aliphatic carbocycles. The number of thioether (sulfide) groups is 1. The summed E-state index contributed by atoms with van der Waals surface area (Å²) in [6, 6.07) is 5.38. The molecule has 0 aliphatic rings. The minimum absolute atomic E-state index is 0.402. The summed E-state index contributed by atoms with van der Waals surface area (Å²) in [5.41, 5.74) is 6.63. The monoisotopic (exact) mass is 303 g/mol. The summed E-state index contributed by atoms with van der Waals surface area (Å²) in [6.07, 6.45) is 1.80. The third-order valence-corrected chi connectivity index (χ3v) is 4.56. The molecule has 0 saturated heterocycles. The van der Waals surface area contributed by atoms with Gasteiger partial charge in [0.15, 0.2) is 0 Å². The molecule has 1 rings (SSSR count). The lowest BCUT2D eigenvalue weighted by Gasteiger charge is -2.12. The van der Waals surface area contributed by atoms with E-state index in [0.717, 1.165) is 23.5 Å². The van der Waals surface area contributed by atoms with Crippen LogP contribution in [0.25, 0.3) is 0 Å². The van der Waals surface area contributed by atoms with Crippen LogP contribution in [-0.2, 0) is 10.2 Å². The van der Waals surface area contributed by atoms with Gasteiger partial charge in [0.25, 0.3) is 10.2 Å². The van der Waals surface area contributed by atoms with Crippen LogP contribution in [0, 0.1) is 0 Å². The van der Waals surface area contributed by atoms with Crippen LogP contribution >= 0.6 is 11.8 Å². The fourth-order valence-electron chi connectivity index (χ4n) is 1.35. The molecule has 0 heterocycles. The SMILES string of the molecule is CCCNS(=O)(=O)Nc1cc(SCCC)ccc1N. The summed E-state index contributed by atoms with van der Waals surface area (Å²) >= 11 is 1.68. The van der Waals surface area contributed by atoms with Crippen LogP contribution in [0.1, 0.15) is 26.7 Å². The van der Waals surface area contributed by atoms with E-state index >= 15 is 0 Å². The number of nitrogens with two attached hydrogens (primary N) is 1. The third kappa shape index (κ3) is 5.71. The smallest absolute Gasteiger partial charge is 0.299 e. The zero-order chi connectivity index (χ0) is 14.3. The van der Waals surface area contributed by atoms with E-state index in [0.29, 0.717) is 17.9 Å². The minimum atomic E-state index is -3.55. The standard InChI is InChI=1S/C12H21N3O2S2/c1-3-7-14-19(16,17)15-12-9-10(18-8-4-2)5-6-11(12)13/h5-6,9,14-15H,3-4,7-8,13H2,1-2H3. The first-order valence-corrected chi connectivity index (χ1v) is 8.75. The first-order valence-electron chi connectivity index (χ1n) is 6.28. The van der Waals surface area contributed by atoms with Crippen molar-refractivity contribution in [1.29, 1.82) is 0 Å². The topological polar surface area (TPSA) is 84.2 Å². The molecule has 0 radical (unpaired) electrons. The Labute approximate surface area is 119 Å². The number of hydrogen-bond acceptors (Lipinski definition) is 4. The molecule has 0 bridgehead atoms. The molecule has 4 N–H and O–H groups in total. The maximum absolute atomic E-state index is 11.8. The molecule has 0 fully saturated rings. The second-order valence-electron chi connectivity index (χ2n) is 4.10. The second kappa shape index (κ2) is 7.62. The van der Waals surface area contributed by atoms with Gasteiger partial charge in [0.05, 0.1) is 11.4 Å². The van der Waals surface area contributed by atoms with Crippen molar-refractivity contribution >= 4 is 33.3 Å². The molecule has 0 aromatic heterocycles. The molecule has 1 aromatic carbocycles. The summed E-state index contributed by atoms with van der Waals surface area (Å²) in [7, 11) is -3.55. The van der Waals surface area contributed by atoms with Gasteiger partial charge in [0, 0.05) is 11.4 Å².